The number of hydrogen-bond acceptors (Lipinski definition) is 2. The predicted molar refractivity (Wildman–Crippen MR) is 87.9 cm³/mol. The molecule has 3 nitrogen and oxygen atoms in total. The zero-order chi connectivity index (χ0) is 16.7. The lowest BCUT2D eigenvalue weighted by Gasteiger charge is -2.07. The SMILES string of the molecule is Cc1ccccc1C(=O)CCC(=O)NCCc1ccccc1F. The summed E-state index contributed by atoms with van der Waals surface area (Å²) in [7, 11) is 0. The van der Waals surface area contributed by atoms with E-state index in [2.05, 4.69) is 5.32 Å². The highest BCUT2D eigenvalue weighted by Crippen LogP contribution is 2.11. The summed E-state index contributed by atoms with van der Waals surface area (Å²) >= 11 is 0. The number of aryl methyl sites for hydroxylation is 1. The van der Waals surface area contributed by atoms with Crippen LogP contribution in [0.1, 0.15) is 34.3 Å². The Labute approximate surface area is 135 Å². The molecule has 1 N–H and O–H groups in total. The highest BCUT2D eigenvalue weighted by atomic mass is 19.1. The smallest absolute Gasteiger partial charge is 0.220 e. The fraction of sp³-hybridized carbons (Fsp3) is 0.263. The average Bonchev–Trinajstić information content (AvgIpc) is 2.55. The van der Waals surface area contributed by atoms with Crippen LogP contribution in [0.4, 0.5) is 4.39 Å². The van der Waals surface area contributed by atoms with Gasteiger partial charge in [-0.15, -0.1) is 0 Å². The van der Waals surface area contributed by atoms with E-state index < -0.39 is 0 Å². The van der Waals surface area contributed by atoms with Crippen LogP contribution in [0.2, 0.25) is 0 Å². The summed E-state index contributed by atoms with van der Waals surface area (Å²) in [6.45, 7) is 2.24. The molecule has 0 spiro atoms. The zero-order valence-electron chi connectivity index (χ0n) is 13.1. The summed E-state index contributed by atoms with van der Waals surface area (Å²) in [6, 6.07) is 13.8. The van der Waals surface area contributed by atoms with E-state index >= 15 is 0 Å². The van der Waals surface area contributed by atoms with Gasteiger partial charge >= 0.3 is 0 Å². The predicted octanol–water partition coefficient (Wildman–Crippen LogP) is 3.46. The molecule has 1 amide bonds. The standard InChI is InChI=1S/C19H20FNO2/c1-14-6-2-4-8-16(14)18(22)10-11-19(23)21-13-12-15-7-3-5-9-17(15)20/h2-9H,10-13H2,1H3,(H,21,23). The Morgan fingerprint density at radius 2 is 1.70 bits per heavy atom. The van der Waals surface area contributed by atoms with Crippen LogP contribution < -0.4 is 5.32 Å². The van der Waals surface area contributed by atoms with Gasteiger partial charge in [0.25, 0.3) is 0 Å². The van der Waals surface area contributed by atoms with E-state index in [9.17, 15) is 14.0 Å². The van der Waals surface area contributed by atoms with Crippen molar-refractivity contribution in [3.8, 4) is 0 Å². The zero-order valence-corrected chi connectivity index (χ0v) is 13.1. The molecule has 2 aromatic rings. The van der Waals surface area contributed by atoms with Crippen molar-refractivity contribution in [1.82, 2.24) is 5.32 Å². The third-order valence-corrected chi connectivity index (χ3v) is 3.70. The molecule has 23 heavy (non-hydrogen) atoms. The van der Waals surface area contributed by atoms with E-state index in [1.807, 2.05) is 25.1 Å². The summed E-state index contributed by atoms with van der Waals surface area (Å²) in [4.78, 5) is 23.9. The van der Waals surface area contributed by atoms with Crippen LogP contribution in [0.3, 0.4) is 0 Å². The molecule has 0 bridgehead atoms. The van der Waals surface area contributed by atoms with E-state index in [1.54, 1.807) is 24.3 Å². The Balaban J connectivity index is 1.74. The molecule has 0 aliphatic heterocycles. The van der Waals surface area contributed by atoms with E-state index in [-0.39, 0.29) is 30.3 Å². The van der Waals surface area contributed by atoms with Gasteiger partial charge in [0, 0.05) is 24.9 Å². The fourth-order valence-corrected chi connectivity index (χ4v) is 2.37. The van der Waals surface area contributed by atoms with Gasteiger partial charge in [-0.05, 0) is 30.5 Å². The minimum atomic E-state index is -0.267. The van der Waals surface area contributed by atoms with Crippen molar-refractivity contribution >= 4 is 11.7 Å². The van der Waals surface area contributed by atoms with Crippen molar-refractivity contribution in [2.24, 2.45) is 0 Å². The Morgan fingerprint density at radius 1 is 1.00 bits per heavy atom. The minimum Gasteiger partial charge on any atom is -0.356 e. The number of hydrogen-bond donors (Lipinski definition) is 1. The molecular formula is C19H20FNO2. The van der Waals surface area contributed by atoms with Gasteiger partial charge in [0.05, 0.1) is 0 Å². The Kier molecular flexibility index (Phi) is 6.03. The summed E-state index contributed by atoms with van der Waals surface area (Å²) in [6.07, 6.45) is 0.755. The summed E-state index contributed by atoms with van der Waals surface area (Å²) < 4.78 is 13.4. The molecule has 0 aliphatic carbocycles. The van der Waals surface area contributed by atoms with E-state index in [0.29, 0.717) is 24.1 Å². The van der Waals surface area contributed by atoms with E-state index in [0.717, 1.165) is 5.56 Å². The number of rotatable bonds is 7. The first-order chi connectivity index (χ1) is 11.1. The van der Waals surface area contributed by atoms with Gasteiger partial charge in [0.1, 0.15) is 5.82 Å². The lowest BCUT2D eigenvalue weighted by Crippen LogP contribution is -2.26. The third-order valence-electron chi connectivity index (χ3n) is 3.70. The number of carbonyl (C=O) groups excluding carboxylic acids is 2. The molecule has 0 aromatic heterocycles. The second-order valence-electron chi connectivity index (χ2n) is 5.43. The maximum Gasteiger partial charge on any atom is 0.220 e. The number of benzene rings is 2. The van der Waals surface area contributed by atoms with Crippen molar-refractivity contribution < 1.29 is 14.0 Å². The van der Waals surface area contributed by atoms with Gasteiger partial charge in [-0.25, -0.2) is 4.39 Å². The average molecular weight is 313 g/mol. The molecular weight excluding hydrogens is 293 g/mol. The summed E-state index contributed by atoms with van der Waals surface area (Å²) in [5.74, 6) is -0.493. The number of Topliss-reactive ketones (excluding diaryl/α,β-unsaturated/α-hetero) is 1. The number of amides is 1. The Morgan fingerprint density at radius 3 is 2.43 bits per heavy atom. The second kappa shape index (κ2) is 8.22. The maximum absolute atomic E-state index is 13.4. The molecule has 0 saturated carbocycles. The van der Waals surface area contributed by atoms with Crippen LogP contribution in [0.5, 0.6) is 0 Å². The summed E-state index contributed by atoms with van der Waals surface area (Å²) in [5.41, 5.74) is 2.15. The highest BCUT2D eigenvalue weighted by Gasteiger charge is 2.11. The van der Waals surface area contributed by atoms with Crippen LogP contribution in [-0.4, -0.2) is 18.2 Å². The molecule has 0 radical (unpaired) electrons. The normalized spacial score (nSPS) is 10.3. The second-order valence-corrected chi connectivity index (χ2v) is 5.43. The molecule has 0 heterocycles. The molecule has 4 heteroatoms. The minimum absolute atomic E-state index is 0.0349. The first kappa shape index (κ1) is 16.9. The van der Waals surface area contributed by atoms with Crippen LogP contribution in [0.25, 0.3) is 0 Å². The molecule has 0 aliphatic rings. The lowest BCUT2D eigenvalue weighted by atomic mass is 10.0. The monoisotopic (exact) mass is 313 g/mol. The van der Waals surface area contributed by atoms with Crippen molar-refractivity contribution in [2.45, 2.75) is 26.2 Å². The van der Waals surface area contributed by atoms with Gasteiger partial charge in [0.2, 0.25) is 5.91 Å². The highest BCUT2D eigenvalue weighted by molar-refractivity contribution is 5.99. The van der Waals surface area contributed by atoms with Crippen LogP contribution >= 0.6 is 0 Å². The van der Waals surface area contributed by atoms with Crippen LogP contribution in [-0.2, 0) is 11.2 Å². The van der Waals surface area contributed by atoms with Gasteiger partial charge < -0.3 is 5.32 Å². The molecule has 0 atom stereocenters. The quantitative estimate of drug-likeness (QED) is 0.796. The lowest BCUT2D eigenvalue weighted by molar-refractivity contribution is -0.121. The van der Waals surface area contributed by atoms with Crippen molar-refractivity contribution in [3.05, 3.63) is 71.0 Å². The third kappa shape index (κ3) is 5.02. The molecule has 120 valence electrons. The van der Waals surface area contributed by atoms with E-state index in [1.165, 1.54) is 6.07 Å². The van der Waals surface area contributed by atoms with Crippen molar-refractivity contribution in [1.29, 1.82) is 0 Å². The fourth-order valence-electron chi connectivity index (χ4n) is 2.37. The van der Waals surface area contributed by atoms with Crippen LogP contribution in [0, 0.1) is 12.7 Å². The number of carbonyl (C=O) groups is 2. The Hall–Kier alpha value is -2.49. The molecule has 0 saturated heterocycles. The van der Waals surface area contributed by atoms with Gasteiger partial charge in [-0.2, -0.15) is 0 Å². The Bertz CT molecular complexity index is 697. The molecule has 2 rings (SSSR count). The molecule has 0 unspecified atom stereocenters. The first-order valence-electron chi connectivity index (χ1n) is 7.67. The largest absolute Gasteiger partial charge is 0.356 e. The number of nitrogens with one attached hydrogen (secondary N) is 1. The van der Waals surface area contributed by atoms with E-state index in [4.69, 9.17) is 0 Å². The molecule has 2 aromatic carbocycles. The maximum atomic E-state index is 13.4. The van der Waals surface area contributed by atoms with Gasteiger partial charge in [0.15, 0.2) is 5.78 Å². The van der Waals surface area contributed by atoms with Gasteiger partial charge in [-0.1, -0.05) is 42.5 Å². The topological polar surface area (TPSA) is 46.2 Å². The van der Waals surface area contributed by atoms with Crippen molar-refractivity contribution in [2.75, 3.05) is 6.54 Å². The molecule has 0 fully saturated rings. The number of ketones is 1. The number of halogens is 1. The van der Waals surface area contributed by atoms with Crippen molar-refractivity contribution in [3.63, 3.8) is 0 Å². The first-order valence-corrected chi connectivity index (χ1v) is 7.67. The van der Waals surface area contributed by atoms with Gasteiger partial charge in [-0.3, -0.25) is 9.59 Å². The summed E-state index contributed by atoms with van der Waals surface area (Å²) in [5, 5.41) is 2.72. The van der Waals surface area contributed by atoms with Crippen LogP contribution in [0.15, 0.2) is 48.5 Å².